The van der Waals surface area contributed by atoms with E-state index in [0.717, 1.165) is 11.3 Å². The van der Waals surface area contributed by atoms with Crippen molar-refractivity contribution in [3.05, 3.63) is 28.8 Å². The summed E-state index contributed by atoms with van der Waals surface area (Å²) in [6.45, 7) is 2.23. The number of hydrogen-bond donors (Lipinski definition) is 3. The Kier molecular flexibility index (Phi) is 3.94. The van der Waals surface area contributed by atoms with Gasteiger partial charge in [0.1, 0.15) is 6.04 Å². The van der Waals surface area contributed by atoms with Crippen molar-refractivity contribution in [2.24, 2.45) is 11.5 Å². The zero-order valence-electron chi connectivity index (χ0n) is 8.46. The van der Waals surface area contributed by atoms with Crippen LogP contribution in [0.25, 0.3) is 0 Å². The van der Waals surface area contributed by atoms with Gasteiger partial charge in [-0.2, -0.15) is 0 Å². The topological polar surface area (TPSA) is 81.1 Å². The number of nitrogens with two attached hydrogens (primary N) is 2. The molecule has 0 aliphatic rings. The Morgan fingerprint density at radius 3 is 2.87 bits per heavy atom. The second-order valence-electron chi connectivity index (χ2n) is 3.37. The van der Waals surface area contributed by atoms with E-state index in [4.69, 9.17) is 23.1 Å². The predicted octanol–water partition coefficient (Wildman–Crippen LogP) is 0.873. The molecule has 0 saturated carbocycles. The molecule has 1 aromatic rings. The molecule has 0 fully saturated rings. The highest BCUT2D eigenvalue weighted by Crippen LogP contribution is 2.22. The van der Waals surface area contributed by atoms with E-state index in [1.807, 2.05) is 19.1 Å². The lowest BCUT2D eigenvalue weighted by Gasteiger charge is -2.12. The van der Waals surface area contributed by atoms with Crippen molar-refractivity contribution in [2.45, 2.75) is 13.0 Å². The van der Waals surface area contributed by atoms with Crippen LogP contribution in [0.5, 0.6) is 0 Å². The van der Waals surface area contributed by atoms with Crippen LogP contribution in [0, 0.1) is 6.92 Å². The Morgan fingerprint density at radius 1 is 1.60 bits per heavy atom. The molecule has 0 aliphatic carbocycles. The summed E-state index contributed by atoms with van der Waals surface area (Å²) in [4.78, 5) is 10.7. The van der Waals surface area contributed by atoms with Crippen molar-refractivity contribution in [1.82, 2.24) is 0 Å². The van der Waals surface area contributed by atoms with Gasteiger partial charge in [0.25, 0.3) is 0 Å². The minimum Gasteiger partial charge on any atom is -0.382 e. The zero-order valence-corrected chi connectivity index (χ0v) is 9.21. The summed E-state index contributed by atoms with van der Waals surface area (Å²) in [7, 11) is 0. The molecule has 82 valence electrons. The van der Waals surface area contributed by atoms with Crippen molar-refractivity contribution in [1.29, 1.82) is 0 Å². The number of anilines is 1. The third kappa shape index (κ3) is 3.42. The molecule has 0 aromatic heterocycles. The summed E-state index contributed by atoms with van der Waals surface area (Å²) < 4.78 is 0. The molecule has 0 saturated heterocycles. The summed E-state index contributed by atoms with van der Waals surface area (Å²) in [5, 5.41) is 3.57. The van der Waals surface area contributed by atoms with Crippen molar-refractivity contribution < 1.29 is 4.79 Å². The van der Waals surface area contributed by atoms with Gasteiger partial charge in [0, 0.05) is 6.54 Å². The third-order valence-corrected chi connectivity index (χ3v) is 2.33. The number of amides is 1. The van der Waals surface area contributed by atoms with Crippen LogP contribution in [0.3, 0.4) is 0 Å². The average Bonchev–Trinajstić information content (AvgIpc) is 2.18. The lowest BCUT2D eigenvalue weighted by atomic mass is 10.2. The first-order chi connectivity index (χ1) is 7.00. The molecule has 0 radical (unpaired) electrons. The fraction of sp³-hybridized carbons (Fsp3) is 0.300. The number of nitrogens with one attached hydrogen (secondary N) is 1. The third-order valence-electron chi connectivity index (χ3n) is 2.00. The Balaban J connectivity index is 2.65. The second-order valence-corrected chi connectivity index (χ2v) is 3.78. The second kappa shape index (κ2) is 5.00. The van der Waals surface area contributed by atoms with E-state index in [2.05, 4.69) is 5.32 Å². The lowest BCUT2D eigenvalue weighted by Crippen LogP contribution is -2.41. The van der Waals surface area contributed by atoms with Crippen LogP contribution in [0.4, 0.5) is 5.69 Å². The first kappa shape index (κ1) is 11.8. The van der Waals surface area contributed by atoms with E-state index in [1.165, 1.54) is 0 Å². The van der Waals surface area contributed by atoms with Gasteiger partial charge in [-0.1, -0.05) is 17.7 Å². The molecule has 1 aromatic carbocycles. The lowest BCUT2D eigenvalue weighted by molar-refractivity contribution is -0.118. The van der Waals surface area contributed by atoms with Crippen LogP contribution in [-0.2, 0) is 4.79 Å². The summed E-state index contributed by atoms with van der Waals surface area (Å²) in [6.07, 6.45) is 0. The van der Waals surface area contributed by atoms with Gasteiger partial charge in [-0.05, 0) is 24.6 Å². The molecule has 0 spiro atoms. The fourth-order valence-electron chi connectivity index (χ4n) is 1.10. The molecule has 1 rings (SSSR count). The molecule has 0 aliphatic heterocycles. The van der Waals surface area contributed by atoms with Crippen LogP contribution < -0.4 is 16.8 Å². The average molecular weight is 228 g/mol. The van der Waals surface area contributed by atoms with Crippen molar-refractivity contribution >= 4 is 23.2 Å². The van der Waals surface area contributed by atoms with Crippen LogP contribution in [-0.4, -0.2) is 18.5 Å². The fourth-order valence-corrected chi connectivity index (χ4v) is 1.28. The summed E-state index contributed by atoms with van der Waals surface area (Å²) >= 11 is 5.94. The van der Waals surface area contributed by atoms with Gasteiger partial charge in [-0.25, -0.2) is 0 Å². The quantitative estimate of drug-likeness (QED) is 0.714. The number of halogens is 1. The van der Waals surface area contributed by atoms with E-state index in [1.54, 1.807) is 6.07 Å². The van der Waals surface area contributed by atoms with Crippen molar-refractivity contribution in [3.63, 3.8) is 0 Å². The highest BCUT2D eigenvalue weighted by Gasteiger charge is 2.09. The van der Waals surface area contributed by atoms with Gasteiger partial charge < -0.3 is 16.8 Å². The molecule has 1 unspecified atom stereocenters. The Labute approximate surface area is 93.6 Å². The van der Waals surface area contributed by atoms with Crippen LogP contribution in [0.2, 0.25) is 5.02 Å². The minimum atomic E-state index is -0.707. The van der Waals surface area contributed by atoms with Crippen molar-refractivity contribution in [2.75, 3.05) is 11.9 Å². The number of benzene rings is 1. The van der Waals surface area contributed by atoms with Crippen LogP contribution in [0.1, 0.15) is 5.56 Å². The largest absolute Gasteiger partial charge is 0.382 e. The molecule has 0 heterocycles. The monoisotopic (exact) mass is 227 g/mol. The molecule has 1 amide bonds. The van der Waals surface area contributed by atoms with Crippen LogP contribution in [0.15, 0.2) is 18.2 Å². The number of carbonyl (C=O) groups is 1. The Morgan fingerprint density at radius 2 is 2.27 bits per heavy atom. The maximum atomic E-state index is 10.7. The minimum absolute atomic E-state index is 0.276. The van der Waals surface area contributed by atoms with E-state index in [9.17, 15) is 4.79 Å². The van der Waals surface area contributed by atoms with Gasteiger partial charge >= 0.3 is 0 Å². The van der Waals surface area contributed by atoms with E-state index >= 15 is 0 Å². The van der Waals surface area contributed by atoms with E-state index in [0.29, 0.717) is 5.02 Å². The number of carbonyl (C=O) groups excluding carboxylic acids is 1. The molecule has 5 N–H and O–H groups in total. The maximum absolute atomic E-state index is 10.7. The normalized spacial score (nSPS) is 12.2. The highest BCUT2D eigenvalue weighted by atomic mass is 35.5. The number of rotatable bonds is 4. The SMILES string of the molecule is Cc1ccc(Cl)c(NCC(N)C(N)=O)c1. The van der Waals surface area contributed by atoms with E-state index in [-0.39, 0.29) is 6.54 Å². The van der Waals surface area contributed by atoms with Gasteiger partial charge in [0.05, 0.1) is 10.7 Å². The number of hydrogen-bond acceptors (Lipinski definition) is 3. The molecule has 1 atom stereocenters. The predicted molar refractivity (Wildman–Crippen MR) is 61.8 cm³/mol. The molecule has 15 heavy (non-hydrogen) atoms. The molecule has 5 heteroatoms. The molecular formula is C10H14ClN3O. The molecular weight excluding hydrogens is 214 g/mol. The molecule has 0 bridgehead atoms. The number of aryl methyl sites for hydroxylation is 1. The standard InChI is InChI=1S/C10H14ClN3O/c1-6-2-3-7(11)9(4-6)14-5-8(12)10(13)15/h2-4,8,14H,5,12H2,1H3,(H2,13,15). The Hall–Kier alpha value is -1.26. The van der Waals surface area contributed by atoms with Gasteiger partial charge in [0.2, 0.25) is 5.91 Å². The zero-order chi connectivity index (χ0) is 11.4. The molecule has 4 nitrogen and oxygen atoms in total. The first-order valence-electron chi connectivity index (χ1n) is 4.55. The van der Waals surface area contributed by atoms with Gasteiger partial charge in [-0.15, -0.1) is 0 Å². The van der Waals surface area contributed by atoms with Crippen molar-refractivity contribution in [3.8, 4) is 0 Å². The highest BCUT2D eigenvalue weighted by molar-refractivity contribution is 6.33. The maximum Gasteiger partial charge on any atom is 0.236 e. The van der Waals surface area contributed by atoms with E-state index < -0.39 is 11.9 Å². The summed E-state index contributed by atoms with van der Waals surface area (Å²) in [5.41, 5.74) is 12.3. The first-order valence-corrected chi connectivity index (χ1v) is 4.93. The number of primary amides is 1. The van der Waals surface area contributed by atoms with Crippen LogP contribution >= 0.6 is 11.6 Å². The smallest absolute Gasteiger partial charge is 0.236 e. The van der Waals surface area contributed by atoms with Gasteiger partial charge in [-0.3, -0.25) is 4.79 Å². The summed E-state index contributed by atoms with van der Waals surface area (Å²) in [5.74, 6) is -0.536. The Bertz CT molecular complexity index is 368. The summed E-state index contributed by atoms with van der Waals surface area (Å²) in [6, 6.07) is 4.87. The van der Waals surface area contributed by atoms with Gasteiger partial charge in [0.15, 0.2) is 0 Å².